The van der Waals surface area contributed by atoms with Gasteiger partial charge in [-0.3, -0.25) is 9.59 Å². The molecule has 5 aromatic carbocycles. The molecule has 5 atom stereocenters. The first-order chi connectivity index (χ1) is 26.8. The van der Waals surface area contributed by atoms with E-state index >= 15 is 0 Å². The summed E-state index contributed by atoms with van der Waals surface area (Å²) >= 11 is 0. The highest BCUT2D eigenvalue weighted by Gasteiger charge is 2.55. The van der Waals surface area contributed by atoms with Crippen LogP contribution in [-0.4, -0.2) is 78.1 Å². The van der Waals surface area contributed by atoms with Crippen LogP contribution in [0.15, 0.2) is 146 Å². The zero-order valence-corrected chi connectivity index (χ0v) is 28.8. The summed E-state index contributed by atoms with van der Waals surface area (Å²) in [6, 6.07) is 37.5. The Morgan fingerprint density at radius 2 is 0.836 bits per heavy atom. The molecule has 0 unspecified atom stereocenters. The molecule has 1 fully saturated rings. The summed E-state index contributed by atoms with van der Waals surface area (Å²) < 4.78 is 29.8. The fraction of sp³-hybridized carbons (Fsp3) is 0.143. The highest BCUT2D eigenvalue weighted by molar-refractivity contribution is 6.20. The molecular weight excluding hydrogens is 710 g/mol. The average molecular weight is 742 g/mol. The minimum absolute atomic E-state index is 0.0382. The molecule has 2 aliphatic heterocycles. The smallest absolute Gasteiger partial charge is 0.338 e. The number of esters is 4. The van der Waals surface area contributed by atoms with Gasteiger partial charge in [-0.05, 0) is 60.7 Å². The minimum atomic E-state index is -1.89. The monoisotopic (exact) mass is 741 g/mol. The SMILES string of the molecule is O=C(OC[C@H]1O[C@@H](ON2C(=O)c3ccccc3C2=O)[C@H](OC(=O)c2ccccc2)[C@@H](OC(=O)c2ccccc2)[C@@H]1OC(=O)c1ccccc1)c1ccccc1. The van der Waals surface area contributed by atoms with Gasteiger partial charge in [0.1, 0.15) is 12.7 Å². The standard InChI is InChI=1S/C42H31NO12/c44-36-30-23-13-14-24-31(30)37(45)43(36)55-42-35(54-41(49)29-21-11-4-12-22-29)34(53-40(48)28-19-9-3-10-20-28)33(52-39(47)27-17-7-2-8-18-27)32(51-42)25-50-38(46)26-15-5-1-6-16-26/h1-24,32-35,42H,25H2/t32-,33-,34+,35-,42+/m1/s1. The molecule has 0 N–H and O–H groups in total. The lowest BCUT2D eigenvalue weighted by Crippen LogP contribution is -2.64. The van der Waals surface area contributed by atoms with Gasteiger partial charge >= 0.3 is 23.9 Å². The zero-order chi connectivity index (χ0) is 38.3. The molecule has 2 heterocycles. The van der Waals surface area contributed by atoms with E-state index in [2.05, 4.69) is 0 Å². The molecule has 2 aliphatic rings. The molecule has 0 saturated carbocycles. The van der Waals surface area contributed by atoms with Crippen LogP contribution in [0, 0.1) is 0 Å². The Bertz CT molecular complexity index is 2160. The fourth-order valence-corrected chi connectivity index (χ4v) is 5.98. The summed E-state index contributed by atoms with van der Waals surface area (Å²) in [5.41, 5.74) is 0.536. The maximum absolute atomic E-state index is 13.8. The minimum Gasteiger partial charge on any atom is -0.459 e. The summed E-state index contributed by atoms with van der Waals surface area (Å²) in [7, 11) is 0. The number of hydrogen-bond acceptors (Lipinski definition) is 12. The Morgan fingerprint density at radius 1 is 0.473 bits per heavy atom. The van der Waals surface area contributed by atoms with Crippen molar-refractivity contribution >= 4 is 35.7 Å². The molecule has 0 aromatic heterocycles. The van der Waals surface area contributed by atoms with E-state index in [1.807, 2.05) is 0 Å². The number of hydrogen-bond donors (Lipinski definition) is 0. The van der Waals surface area contributed by atoms with Gasteiger partial charge in [-0.2, -0.15) is 0 Å². The van der Waals surface area contributed by atoms with E-state index in [0.717, 1.165) is 0 Å². The van der Waals surface area contributed by atoms with E-state index in [4.69, 9.17) is 28.5 Å². The van der Waals surface area contributed by atoms with Gasteiger partial charge in [0.15, 0.2) is 18.3 Å². The van der Waals surface area contributed by atoms with E-state index in [9.17, 15) is 28.8 Å². The molecule has 13 heteroatoms. The molecule has 13 nitrogen and oxygen atoms in total. The summed E-state index contributed by atoms with van der Waals surface area (Å²) in [5, 5.41) is 0.443. The van der Waals surface area contributed by atoms with Crippen LogP contribution in [-0.2, 0) is 28.5 Å². The molecule has 0 aliphatic carbocycles. The number of nitrogens with zero attached hydrogens (tertiary/aromatic N) is 1. The molecule has 1 saturated heterocycles. The number of imide groups is 1. The predicted octanol–water partition coefficient (Wildman–Crippen LogP) is 5.47. The lowest BCUT2D eigenvalue weighted by atomic mass is 9.97. The number of ether oxygens (including phenoxy) is 5. The average Bonchev–Trinajstić information content (AvgIpc) is 3.47. The van der Waals surface area contributed by atoms with Gasteiger partial charge in [0, 0.05) is 0 Å². The van der Waals surface area contributed by atoms with Gasteiger partial charge in [0.05, 0.1) is 33.4 Å². The third-order valence-corrected chi connectivity index (χ3v) is 8.70. The Morgan fingerprint density at radius 3 is 1.27 bits per heavy atom. The van der Waals surface area contributed by atoms with E-state index in [1.165, 1.54) is 60.7 Å². The van der Waals surface area contributed by atoms with Crippen LogP contribution in [0.2, 0.25) is 0 Å². The van der Waals surface area contributed by atoms with Crippen LogP contribution < -0.4 is 0 Å². The maximum atomic E-state index is 13.8. The van der Waals surface area contributed by atoms with E-state index < -0.39 is 73.0 Å². The van der Waals surface area contributed by atoms with Crippen LogP contribution in [0.5, 0.6) is 0 Å². The Kier molecular flexibility index (Phi) is 10.8. The number of benzene rings is 5. The lowest BCUT2D eigenvalue weighted by molar-refractivity contribution is -0.335. The molecular formula is C42H31NO12. The first-order valence-corrected chi connectivity index (χ1v) is 17.1. The number of carbonyl (C=O) groups excluding carboxylic acids is 6. The van der Waals surface area contributed by atoms with Crippen molar-refractivity contribution in [3.63, 3.8) is 0 Å². The van der Waals surface area contributed by atoms with Gasteiger partial charge in [0.25, 0.3) is 11.8 Å². The highest BCUT2D eigenvalue weighted by Crippen LogP contribution is 2.34. The largest absolute Gasteiger partial charge is 0.459 e. The quantitative estimate of drug-likeness (QED) is 0.0955. The van der Waals surface area contributed by atoms with Gasteiger partial charge in [-0.15, -0.1) is 5.06 Å². The molecule has 0 radical (unpaired) electrons. The molecule has 0 spiro atoms. The Balaban J connectivity index is 1.30. The molecule has 276 valence electrons. The fourth-order valence-electron chi connectivity index (χ4n) is 5.98. The van der Waals surface area contributed by atoms with Gasteiger partial charge in [0.2, 0.25) is 6.29 Å². The summed E-state index contributed by atoms with van der Waals surface area (Å²) in [5.74, 6) is -5.21. The van der Waals surface area contributed by atoms with E-state index in [1.54, 1.807) is 84.9 Å². The van der Waals surface area contributed by atoms with Crippen LogP contribution in [0.25, 0.3) is 0 Å². The maximum Gasteiger partial charge on any atom is 0.338 e. The molecule has 5 aromatic rings. The second-order valence-corrected chi connectivity index (χ2v) is 12.3. The second kappa shape index (κ2) is 16.4. The molecule has 0 bridgehead atoms. The normalized spacial score (nSPS) is 20.2. The van der Waals surface area contributed by atoms with Crippen molar-refractivity contribution in [3.05, 3.63) is 179 Å². The van der Waals surface area contributed by atoms with Crippen LogP contribution in [0.3, 0.4) is 0 Å². The van der Waals surface area contributed by atoms with Crippen LogP contribution in [0.1, 0.15) is 62.1 Å². The summed E-state index contributed by atoms with van der Waals surface area (Å²) in [4.78, 5) is 87.3. The number of hydroxylamine groups is 2. The van der Waals surface area contributed by atoms with Crippen LogP contribution in [0.4, 0.5) is 0 Å². The summed E-state index contributed by atoms with van der Waals surface area (Å²) in [6.45, 7) is -0.624. The number of fused-ring (bicyclic) bond motifs is 1. The van der Waals surface area contributed by atoms with E-state index in [-0.39, 0.29) is 33.4 Å². The van der Waals surface area contributed by atoms with Gasteiger partial charge < -0.3 is 23.7 Å². The number of carbonyl (C=O) groups is 6. The topological polar surface area (TPSA) is 161 Å². The summed E-state index contributed by atoms with van der Waals surface area (Å²) in [6.07, 6.45) is -8.59. The molecule has 55 heavy (non-hydrogen) atoms. The van der Waals surface area contributed by atoms with Gasteiger partial charge in [-0.25, -0.2) is 24.0 Å². The zero-order valence-electron chi connectivity index (χ0n) is 28.8. The first kappa shape index (κ1) is 36.4. The van der Waals surface area contributed by atoms with Crippen molar-refractivity contribution in [1.29, 1.82) is 0 Å². The molecule has 2 amide bonds. The predicted molar refractivity (Wildman–Crippen MR) is 190 cm³/mol. The lowest BCUT2D eigenvalue weighted by Gasteiger charge is -2.44. The second-order valence-electron chi connectivity index (χ2n) is 12.3. The first-order valence-electron chi connectivity index (χ1n) is 17.1. The van der Waals surface area contributed by atoms with Crippen molar-refractivity contribution < 1.29 is 57.3 Å². The van der Waals surface area contributed by atoms with Crippen molar-refractivity contribution in [3.8, 4) is 0 Å². The van der Waals surface area contributed by atoms with Crippen molar-refractivity contribution in [2.45, 2.75) is 30.7 Å². The number of rotatable bonds is 11. The van der Waals surface area contributed by atoms with E-state index in [0.29, 0.717) is 5.06 Å². The van der Waals surface area contributed by atoms with Crippen LogP contribution >= 0.6 is 0 Å². The Hall–Kier alpha value is -6.96. The third-order valence-electron chi connectivity index (χ3n) is 8.70. The van der Waals surface area contributed by atoms with Gasteiger partial charge in [-0.1, -0.05) is 84.9 Å². The van der Waals surface area contributed by atoms with Crippen molar-refractivity contribution in [2.24, 2.45) is 0 Å². The van der Waals surface area contributed by atoms with Crippen molar-refractivity contribution in [1.82, 2.24) is 5.06 Å². The third kappa shape index (κ3) is 8.03. The number of amides is 2. The molecule has 7 rings (SSSR count). The highest BCUT2D eigenvalue weighted by atomic mass is 16.8. The Labute approximate surface area is 313 Å². The van der Waals surface area contributed by atoms with Crippen molar-refractivity contribution in [2.75, 3.05) is 6.61 Å².